The maximum atomic E-state index is 3.67. The van der Waals surface area contributed by atoms with Crippen LogP contribution in [0.4, 0.5) is 0 Å². The van der Waals surface area contributed by atoms with E-state index in [9.17, 15) is 0 Å². The lowest BCUT2D eigenvalue weighted by atomic mass is 10.8. The van der Waals surface area contributed by atoms with Crippen molar-refractivity contribution in [2.45, 2.75) is 6.92 Å². The topological polar surface area (TPSA) is 37.1 Å². The quantitative estimate of drug-likeness (QED) is 0.373. The summed E-state index contributed by atoms with van der Waals surface area (Å²) < 4.78 is 0. The molecule has 0 aromatic heterocycles. The third kappa shape index (κ3) is 4.79. The van der Waals surface area contributed by atoms with Gasteiger partial charge in [-0.05, 0) is 6.92 Å². The molecule has 0 aliphatic carbocycles. The van der Waals surface area contributed by atoms with E-state index in [0.29, 0.717) is 0 Å². The molecular formula is C5H7N3. The molecule has 3 nitrogen and oxygen atoms in total. The predicted molar refractivity (Wildman–Crippen MR) is 35.7 cm³/mol. The van der Waals surface area contributed by atoms with Crippen LogP contribution in [0.25, 0.3) is 0 Å². The highest BCUT2D eigenvalue weighted by Crippen LogP contribution is 1.62. The molecule has 0 saturated carbocycles. The summed E-state index contributed by atoms with van der Waals surface area (Å²) in [6.45, 7) is 4.91. The van der Waals surface area contributed by atoms with Crippen LogP contribution in [0.1, 0.15) is 6.92 Å². The Bertz CT molecular complexity index is 140. The van der Waals surface area contributed by atoms with Crippen molar-refractivity contribution in [1.82, 2.24) is 0 Å². The van der Waals surface area contributed by atoms with Crippen molar-refractivity contribution in [3.63, 3.8) is 0 Å². The molecule has 0 rings (SSSR count). The fourth-order valence-electron chi connectivity index (χ4n) is 0.175. The number of rotatable bonds is 2. The summed E-state index contributed by atoms with van der Waals surface area (Å²) in [7, 11) is 0. The first-order valence-electron chi connectivity index (χ1n) is 2.12. The van der Waals surface area contributed by atoms with E-state index in [-0.39, 0.29) is 0 Å². The Morgan fingerprint density at radius 2 is 2.38 bits per heavy atom. The van der Waals surface area contributed by atoms with Gasteiger partial charge in [-0.25, -0.2) is 0 Å². The van der Waals surface area contributed by atoms with Gasteiger partial charge >= 0.3 is 0 Å². The van der Waals surface area contributed by atoms with Crippen LogP contribution in [0.5, 0.6) is 0 Å². The predicted octanol–water partition coefficient (Wildman–Crippen LogP) is 0.876. The standard InChI is InChI=1S/C5H7N3/c1-3-7-4-5-8-6-2/h3-4H,2H2,1H3. The van der Waals surface area contributed by atoms with Gasteiger partial charge in [0.1, 0.15) is 0 Å². The lowest BCUT2D eigenvalue weighted by molar-refractivity contribution is 1.29. The van der Waals surface area contributed by atoms with E-state index < -0.39 is 0 Å². The first-order valence-corrected chi connectivity index (χ1v) is 2.12. The Morgan fingerprint density at radius 1 is 1.62 bits per heavy atom. The zero-order valence-corrected chi connectivity index (χ0v) is 4.70. The Labute approximate surface area is 48.2 Å². The van der Waals surface area contributed by atoms with E-state index in [0.717, 1.165) is 0 Å². The summed E-state index contributed by atoms with van der Waals surface area (Å²) >= 11 is 0. The molecule has 0 saturated heterocycles. The van der Waals surface area contributed by atoms with Crippen molar-refractivity contribution in [3.8, 4) is 0 Å². The fraction of sp³-hybridized carbons (Fsp3) is 0.200. The minimum atomic E-state index is 1.41. The maximum absolute atomic E-state index is 3.67. The van der Waals surface area contributed by atoms with E-state index in [4.69, 9.17) is 0 Å². The van der Waals surface area contributed by atoms with Crippen LogP contribution in [0.2, 0.25) is 0 Å². The molecule has 0 amide bonds. The van der Waals surface area contributed by atoms with Gasteiger partial charge in [0.2, 0.25) is 0 Å². The third-order valence-corrected chi connectivity index (χ3v) is 0.410. The van der Waals surface area contributed by atoms with Crippen molar-refractivity contribution in [2.75, 3.05) is 0 Å². The Hall–Kier alpha value is -1.21. The molecule has 0 aromatic rings. The zero-order chi connectivity index (χ0) is 6.24. The molecule has 0 aromatic carbocycles. The Kier molecular flexibility index (Phi) is 4.91. The van der Waals surface area contributed by atoms with Crippen LogP contribution in [0, 0.1) is 0 Å². The van der Waals surface area contributed by atoms with Crippen LogP contribution in [0.3, 0.4) is 0 Å². The van der Waals surface area contributed by atoms with E-state index >= 15 is 0 Å². The third-order valence-electron chi connectivity index (χ3n) is 0.410. The zero-order valence-electron chi connectivity index (χ0n) is 4.70. The van der Waals surface area contributed by atoms with Gasteiger partial charge in [0.15, 0.2) is 0 Å². The van der Waals surface area contributed by atoms with Gasteiger partial charge in [0.05, 0.1) is 6.20 Å². The van der Waals surface area contributed by atoms with E-state index in [1.165, 1.54) is 6.20 Å². The summed E-state index contributed by atoms with van der Waals surface area (Å²) in [5, 5.41) is 6.47. The number of aliphatic imine (C=N–C) groups is 1. The lowest BCUT2D eigenvalue weighted by Crippen LogP contribution is -1.54. The molecule has 3 heteroatoms. The minimum absolute atomic E-state index is 1.41. The fourth-order valence-corrected chi connectivity index (χ4v) is 0.175. The van der Waals surface area contributed by atoms with Crippen LogP contribution in [-0.2, 0) is 0 Å². The average Bonchev–Trinajstić information content (AvgIpc) is 1.81. The van der Waals surface area contributed by atoms with E-state index in [1.54, 1.807) is 13.1 Å². The van der Waals surface area contributed by atoms with Crippen molar-refractivity contribution in [2.24, 2.45) is 15.2 Å². The summed E-state index contributed by atoms with van der Waals surface area (Å²) in [6.07, 6.45) is 3.04. The first kappa shape index (κ1) is 6.79. The van der Waals surface area contributed by atoms with Crippen LogP contribution in [-0.4, -0.2) is 18.8 Å². The van der Waals surface area contributed by atoms with Gasteiger partial charge in [0, 0.05) is 18.8 Å². The number of nitrogens with zero attached hydrogens (tertiary/aromatic N) is 3. The summed E-state index contributed by atoms with van der Waals surface area (Å²) in [6, 6.07) is 0. The van der Waals surface area contributed by atoms with Crippen molar-refractivity contribution in [3.05, 3.63) is 6.20 Å². The number of hydrogen-bond acceptors (Lipinski definition) is 3. The molecule has 0 atom stereocenters. The molecule has 0 aliphatic rings. The van der Waals surface area contributed by atoms with Gasteiger partial charge in [0.25, 0.3) is 0 Å². The second-order valence-electron chi connectivity index (χ2n) is 0.907. The highest BCUT2D eigenvalue weighted by Gasteiger charge is 1.51. The van der Waals surface area contributed by atoms with Crippen LogP contribution >= 0.6 is 0 Å². The van der Waals surface area contributed by atoms with E-state index in [2.05, 4.69) is 27.8 Å². The molecule has 0 spiro atoms. The van der Waals surface area contributed by atoms with Gasteiger partial charge in [-0.3, -0.25) is 4.99 Å². The summed E-state index contributed by atoms with van der Waals surface area (Å²) in [5.74, 6) is 2.41. The number of hydrogen-bond donors (Lipinski definition) is 0. The van der Waals surface area contributed by atoms with Gasteiger partial charge in [-0.1, -0.05) is 0 Å². The average molecular weight is 109 g/mol. The Morgan fingerprint density at radius 3 is 2.88 bits per heavy atom. The van der Waals surface area contributed by atoms with Gasteiger partial charge < -0.3 is 0 Å². The molecule has 8 heavy (non-hydrogen) atoms. The summed E-state index contributed by atoms with van der Waals surface area (Å²) in [5.41, 5.74) is 0. The van der Waals surface area contributed by atoms with Gasteiger partial charge in [-0.15, -0.1) is 5.10 Å². The highest BCUT2D eigenvalue weighted by molar-refractivity contribution is 5.59. The van der Waals surface area contributed by atoms with Crippen LogP contribution in [0.15, 0.2) is 21.4 Å². The maximum Gasteiger partial charge on any atom is 0.0896 e. The molecule has 0 N–H and O–H groups in total. The molecule has 42 valence electrons. The molecule has 0 aliphatic heterocycles. The highest BCUT2D eigenvalue weighted by atomic mass is 15.2. The van der Waals surface area contributed by atoms with Gasteiger partial charge in [-0.2, -0.15) is 5.10 Å². The molecule has 0 heterocycles. The minimum Gasteiger partial charge on any atom is -0.259 e. The monoisotopic (exact) mass is 109 g/mol. The van der Waals surface area contributed by atoms with Crippen molar-refractivity contribution < 1.29 is 0 Å². The molecular weight excluding hydrogens is 102 g/mol. The van der Waals surface area contributed by atoms with Crippen molar-refractivity contribution in [1.29, 1.82) is 0 Å². The Balaban J connectivity index is 3.63. The van der Waals surface area contributed by atoms with Crippen molar-refractivity contribution >= 4 is 18.8 Å². The second kappa shape index (κ2) is 5.79. The molecule has 0 fully saturated rings. The molecule has 0 radical (unpaired) electrons. The first-order chi connectivity index (χ1) is 3.91. The summed E-state index contributed by atoms with van der Waals surface area (Å²) in [4.78, 5) is 3.67. The normalized spacial score (nSPS) is 8.12. The smallest absolute Gasteiger partial charge is 0.0896 e. The molecule has 0 unspecified atom stereocenters. The van der Waals surface area contributed by atoms with E-state index in [1.807, 2.05) is 0 Å². The van der Waals surface area contributed by atoms with Crippen LogP contribution < -0.4 is 0 Å². The molecule has 0 bridgehead atoms. The largest absolute Gasteiger partial charge is 0.259 e. The SMILES string of the molecule is C=NN=C=CN=CC. The lowest BCUT2D eigenvalue weighted by Gasteiger charge is -1.62. The second-order valence-corrected chi connectivity index (χ2v) is 0.907.